The minimum atomic E-state index is -0.413. The van der Waals surface area contributed by atoms with E-state index in [2.05, 4.69) is 96.3 Å². The molecule has 0 aromatic heterocycles. The molecule has 4 nitrogen and oxygen atoms in total. The molecule has 8 fully saturated rings. The van der Waals surface area contributed by atoms with E-state index in [9.17, 15) is 10.2 Å². The SMILES string of the molecule is NC1C2CC3CC1CC(O)(C3)C2.OC12CC3CC(C1)C(NC(c1ccccc1)(c1ccccc1)c1ccccc1)C(C3)C2. The zero-order chi connectivity index (χ0) is 29.2. The van der Waals surface area contributed by atoms with Crippen molar-refractivity contribution in [2.24, 2.45) is 41.2 Å². The van der Waals surface area contributed by atoms with Crippen LogP contribution in [0.4, 0.5) is 0 Å². The molecule has 0 radical (unpaired) electrons. The van der Waals surface area contributed by atoms with Crippen molar-refractivity contribution in [1.82, 2.24) is 5.32 Å². The first-order chi connectivity index (χ1) is 20.8. The van der Waals surface area contributed by atoms with Crippen LogP contribution in [-0.2, 0) is 5.54 Å². The largest absolute Gasteiger partial charge is 0.390 e. The van der Waals surface area contributed by atoms with Gasteiger partial charge in [0.15, 0.2) is 0 Å². The van der Waals surface area contributed by atoms with E-state index >= 15 is 0 Å². The zero-order valence-electron chi connectivity index (χ0n) is 25.3. The molecular formula is C39H48N2O2. The van der Waals surface area contributed by atoms with Gasteiger partial charge in [0.05, 0.1) is 16.7 Å². The Morgan fingerprint density at radius 3 is 1.26 bits per heavy atom. The molecular weight excluding hydrogens is 528 g/mol. The van der Waals surface area contributed by atoms with Crippen LogP contribution in [0.15, 0.2) is 91.0 Å². The number of aliphatic hydroxyl groups is 2. The predicted molar refractivity (Wildman–Crippen MR) is 171 cm³/mol. The second-order valence-corrected chi connectivity index (χ2v) is 15.5. The standard InChI is InChI=1S/C29H31NO.C10H17NO/c31-28-18-21-16-22(19-28)27(23(17-21)20-28)30-29(24-10-4-1-5-11-24,25-12-6-2-7-13-25)26-14-8-3-9-15-26;11-9-7-1-6-2-8(9)5-10(12,3-6)4-7/h1-15,21-23,27,30-31H,16-20H2;6-9,12H,1-5,11H2. The van der Waals surface area contributed by atoms with E-state index in [1.807, 2.05) is 0 Å². The number of hydrogen-bond donors (Lipinski definition) is 4. The quantitative estimate of drug-likeness (QED) is 0.265. The fourth-order valence-electron chi connectivity index (χ4n) is 11.3. The number of nitrogens with two attached hydrogens (primary N) is 1. The maximum atomic E-state index is 11.1. The van der Waals surface area contributed by atoms with Crippen molar-refractivity contribution >= 4 is 0 Å². The molecule has 0 spiro atoms. The molecule has 5 N–H and O–H groups in total. The maximum Gasteiger partial charge on any atom is 0.0950 e. The Balaban J connectivity index is 0.000000192. The fourth-order valence-corrected chi connectivity index (χ4v) is 11.3. The smallest absolute Gasteiger partial charge is 0.0950 e. The summed E-state index contributed by atoms with van der Waals surface area (Å²) >= 11 is 0. The molecule has 4 unspecified atom stereocenters. The van der Waals surface area contributed by atoms with Gasteiger partial charge in [-0.2, -0.15) is 0 Å². The molecule has 226 valence electrons. The summed E-state index contributed by atoms with van der Waals surface area (Å²) in [6.07, 6.45) is 11.1. The van der Waals surface area contributed by atoms with E-state index in [0.29, 0.717) is 41.7 Å². The first-order valence-electron chi connectivity index (χ1n) is 17.0. The van der Waals surface area contributed by atoms with Gasteiger partial charge in [0.25, 0.3) is 0 Å². The highest BCUT2D eigenvalue weighted by atomic mass is 16.3. The van der Waals surface area contributed by atoms with Gasteiger partial charge in [0.1, 0.15) is 0 Å². The van der Waals surface area contributed by atoms with Gasteiger partial charge in [-0.1, -0.05) is 91.0 Å². The Kier molecular flexibility index (Phi) is 6.87. The zero-order valence-corrected chi connectivity index (χ0v) is 25.3. The van der Waals surface area contributed by atoms with Crippen molar-refractivity contribution in [2.45, 2.75) is 93.0 Å². The highest BCUT2D eigenvalue weighted by Gasteiger charge is 2.56. The third-order valence-electron chi connectivity index (χ3n) is 12.6. The van der Waals surface area contributed by atoms with Crippen molar-refractivity contribution in [3.8, 4) is 0 Å². The van der Waals surface area contributed by atoms with Crippen LogP contribution < -0.4 is 11.1 Å². The summed E-state index contributed by atoms with van der Waals surface area (Å²) in [6, 6.07) is 33.6. The molecule has 0 saturated heterocycles. The molecule has 11 rings (SSSR count). The van der Waals surface area contributed by atoms with Gasteiger partial charge in [0.2, 0.25) is 0 Å². The van der Waals surface area contributed by atoms with E-state index in [1.165, 1.54) is 42.4 Å². The molecule has 4 heteroatoms. The van der Waals surface area contributed by atoms with E-state index in [1.54, 1.807) is 0 Å². The Bertz CT molecular complexity index is 1280. The van der Waals surface area contributed by atoms with E-state index < -0.39 is 11.1 Å². The van der Waals surface area contributed by atoms with Gasteiger partial charge in [-0.25, -0.2) is 0 Å². The van der Waals surface area contributed by atoms with Crippen molar-refractivity contribution < 1.29 is 10.2 Å². The summed E-state index contributed by atoms with van der Waals surface area (Å²) in [7, 11) is 0. The minimum absolute atomic E-state index is 0.299. The lowest BCUT2D eigenvalue weighted by molar-refractivity contribution is -0.141. The van der Waals surface area contributed by atoms with Gasteiger partial charge < -0.3 is 15.9 Å². The van der Waals surface area contributed by atoms with Crippen molar-refractivity contribution in [3.63, 3.8) is 0 Å². The molecule has 8 aliphatic carbocycles. The first kappa shape index (κ1) is 28.0. The van der Waals surface area contributed by atoms with Crippen LogP contribution in [0.2, 0.25) is 0 Å². The van der Waals surface area contributed by atoms with Crippen LogP contribution in [0.1, 0.15) is 80.9 Å². The summed E-state index contributed by atoms with van der Waals surface area (Å²) in [5.74, 6) is 3.88. The number of hydrogen-bond acceptors (Lipinski definition) is 4. The lowest BCUT2D eigenvalue weighted by Gasteiger charge is -2.59. The highest BCUT2D eigenvalue weighted by molar-refractivity contribution is 5.49. The van der Waals surface area contributed by atoms with E-state index in [-0.39, 0.29) is 5.60 Å². The molecule has 8 bridgehead atoms. The summed E-state index contributed by atoms with van der Waals surface area (Å²) in [5, 5.41) is 25.6. The topological polar surface area (TPSA) is 78.5 Å². The summed E-state index contributed by atoms with van der Waals surface area (Å²) in [4.78, 5) is 0. The summed E-state index contributed by atoms with van der Waals surface area (Å²) in [6.45, 7) is 0. The van der Waals surface area contributed by atoms with E-state index in [0.717, 1.165) is 44.4 Å². The summed E-state index contributed by atoms with van der Waals surface area (Å²) in [5.41, 5.74) is 8.83. The second-order valence-electron chi connectivity index (χ2n) is 15.5. The molecule has 43 heavy (non-hydrogen) atoms. The van der Waals surface area contributed by atoms with Crippen LogP contribution in [0.5, 0.6) is 0 Å². The monoisotopic (exact) mass is 576 g/mol. The minimum Gasteiger partial charge on any atom is -0.390 e. The van der Waals surface area contributed by atoms with Gasteiger partial charge in [-0.3, -0.25) is 5.32 Å². The average molecular weight is 577 g/mol. The Labute approximate surface area is 257 Å². The van der Waals surface area contributed by atoms with Crippen molar-refractivity contribution in [1.29, 1.82) is 0 Å². The lowest BCUT2D eigenvalue weighted by Crippen LogP contribution is -2.64. The predicted octanol–water partition coefficient (Wildman–Crippen LogP) is 6.39. The molecule has 8 saturated carbocycles. The van der Waals surface area contributed by atoms with Crippen LogP contribution in [0.3, 0.4) is 0 Å². The number of rotatable bonds is 5. The Hall–Kier alpha value is -2.50. The highest BCUT2D eigenvalue weighted by Crippen LogP contribution is 2.57. The van der Waals surface area contributed by atoms with Gasteiger partial charge in [-0.05, 0) is 116 Å². The van der Waals surface area contributed by atoms with Crippen LogP contribution in [0, 0.1) is 35.5 Å². The molecule has 8 aliphatic rings. The third-order valence-corrected chi connectivity index (χ3v) is 12.6. The van der Waals surface area contributed by atoms with Gasteiger partial charge >= 0.3 is 0 Å². The normalized spacial score (nSPS) is 40.3. The third kappa shape index (κ3) is 4.90. The Morgan fingerprint density at radius 1 is 0.535 bits per heavy atom. The first-order valence-corrected chi connectivity index (χ1v) is 17.0. The fraction of sp³-hybridized carbons (Fsp3) is 0.538. The molecule has 0 amide bonds. The Morgan fingerprint density at radius 2 is 0.884 bits per heavy atom. The molecule has 0 heterocycles. The van der Waals surface area contributed by atoms with Crippen molar-refractivity contribution in [2.75, 3.05) is 0 Å². The maximum absolute atomic E-state index is 11.1. The molecule has 0 aliphatic heterocycles. The van der Waals surface area contributed by atoms with Crippen LogP contribution in [0.25, 0.3) is 0 Å². The van der Waals surface area contributed by atoms with Crippen LogP contribution >= 0.6 is 0 Å². The molecule has 3 aromatic rings. The number of benzene rings is 3. The summed E-state index contributed by atoms with van der Waals surface area (Å²) < 4.78 is 0. The van der Waals surface area contributed by atoms with Gasteiger partial charge in [-0.15, -0.1) is 0 Å². The molecule has 3 aromatic carbocycles. The molecule has 4 atom stereocenters. The van der Waals surface area contributed by atoms with Gasteiger partial charge in [0, 0.05) is 12.1 Å². The van der Waals surface area contributed by atoms with Crippen LogP contribution in [-0.4, -0.2) is 33.5 Å². The number of nitrogens with one attached hydrogen (secondary N) is 1. The van der Waals surface area contributed by atoms with E-state index in [4.69, 9.17) is 5.73 Å². The second kappa shape index (κ2) is 10.5. The lowest BCUT2D eigenvalue weighted by atomic mass is 9.52. The average Bonchev–Trinajstić information content (AvgIpc) is 3.00. The van der Waals surface area contributed by atoms with Crippen molar-refractivity contribution in [3.05, 3.63) is 108 Å².